The van der Waals surface area contributed by atoms with E-state index < -0.39 is 0 Å². The number of benzene rings is 2. The van der Waals surface area contributed by atoms with Crippen LogP contribution in [0, 0.1) is 0 Å². The molecule has 0 radical (unpaired) electrons. The third-order valence-electron chi connectivity index (χ3n) is 4.50. The molecule has 5 heteroatoms. The van der Waals surface area contributed by atoms with Gasteiger partial charge in [-0.05, 0) is 41.3 Å². The lowest BCUT2D eigenvalue weighted by Crippen LogP contribution is -2.35. The smallest absolute Gasteiger partial charge is 0.223 e. The van der Waals surface area contributed by atoms with Crippen molar-refractivity contribution in [2.45, 2.75) is 25.8 Å². The van der Waals surface area contributed by atoms with Crippen LogP contribution < -0.4 is 5.32 Å². The van der Waals surface area contributed by atoms with E-state index >= 15 is 0 Å². The fourth-order valence-electron chi connectivity index (χ4n) is 3.16. The zero-order chi connectivity index (χ0) is 18.5. The third-order valence-corrected chi connectivity index (χ3v) is 4.75. The van der Waals surface area contributed by atoms with Crippen molar-refractivity contribution in [3.63, 3.8) is 0 Å². The minimum atomic E-state index is -0.274. The predicted octanol–water partition coefficient (Wildman–Crippen LogP) is 3.96. The number of fused-ring (bicyclic) bond motifs is 1. The van der Waals surface area contributed by atoms with Crippen LogP contribution in [0.15, 0.2) is 54.7 Å². The summed E-state index contributed by atoms with van der Waals surface area (Å²) in [5.74, 6) is -0.143. The summed E-state index contributed by atoms with van der Waals surface area (Å²) in [6.07, 6.45) is 4.64. The minimum Gasteiger partial charge on any atom is -0.356 e. The number of hydrogen-bond acceptors (Lipinski definition) is 2. The molecular weight excluding hydrogens is 348 g/mol. The highest BCUT2D eigenvalue weighted by atomic mass is 35.5. The molecular formula is C21H21ClN2O2. The monoisotopic (exact) mass is 368 g/mol. The van der Waals surface area contributed by atoms with Crippen molar-refractivity contribution < 1.29 is 9.59 Å². The molecule has 0 aliphatic carbocycles. The maximum absolute atomic E-state index is 12.4. The number of rotatable bonds is 5. The molecule has 2 aromatic rings. The Kier molecular flexibility index (Phi) is 5.74. The van der Waals surface area contributed by atoms with E-state index in [4.69, 9.17) is 11.6 Å². The lowest BCUT2D eigenvalue weighted by molar-refractivity contribution is -0.129. The first-order valence-electron chi connectivity index (χ1n) is 8.62. The van der Waals surface area contributed by atoms with Crippen LogP contribution >= 0.6 is 11.6 Å². The molecule has 0 aromatic heterocycles. The van der Waals surface area contributed by atoms with Crippen LogP contribution in [0.3, 0.4) is 0 Å². The van der Waals surface area contributed by atoms with Gasteiger partial charge in [0, 0.05) is 24.7 Å². The number of amides is 2. The Morgan fingerprint density at radius 2 is 1.85 bits per heavy atom. The van der Waals surface area contributed by atoms with Crippen LogP contribution in [0.25, 0.3) is 6.08 Å². The Labute approximate surface area is 158 Å². The van der Waals surface area contributed by atoms with E-state index in [1.54, 1.807) is 11.1 Å². The maximum atomic E-state index is 12.4. The molecule has 1 N–H and O–H groups in total. The van der Waals surface area contributed by atoms with Gasteiger partial charge in [-0.2, -0.15) is 0 Å². The van der Waals surface area contributed by atoms with Crippen LogP contribution in [0.5, 0.6) is 0 Å². The van der Waals surface area contributed by atoms with Crippen molar-refractivity contribution in [2.24, 2.45) is 0 Å². The molecule has 0 saturated carbocycles. The first-order chi connectivity index (χ1) is 12.5. The molecule has 3 rings (SSSR count). The molecule has 2 amide bonds. The third kappa shape index (κ3) is 4.33. The standard InChI is InChI=1S/C21H21ClN2O2/c1-15(25)24-13-11-17-4-2-3-5-19(17)20(24)14-21(26)23-12-10-16-6-8-18(22)9-7-16/h2-9,11,13,20H,10,12,14H2,1H3,(H,23,26)/t20-/m1/s1. The number of hydrogen-bond donors (Lipinski definition) is 1. The van der Waals surface area contributed by atoms with Gasteiger partial charge >= 0.3 is 0 Å². The van der Waals surface area contributed by atoms with Gasteiger partial charge < -0.3 is 10.2 Å². The number of nitrogens with one attached hydrogen (secondary N) is 1. The first-order valence-corrected chi connectivity index (χ1v) is 8.99. The van der Waals surface area contributed by atoms with Gasteiger partial charge in [0.05, 0.1) is 12.5 Å². The summed E-state index contributed by atoms with van der Waals surface area (Å²) < 4.78 is 0. The van der Waals surface area contributed by atoms with Gasteiger partial charge in [0.1, 0.15) is 0 Å². The van der Waals surface area contributed by atoms with Gasteiger partial charge in [-0.1, -0.05) is 48.0 Å². The molecule has 0 spiro atoms. The molecule has 134 valence electrons. The van der Waals surface area contributed by atoms with E-state index in [0.29, 0.717) is 11.6 Å². The minimum absolute atomic E-state index is 0.0692. The Hall–Kier alpha value is -2.59. The average Bonchev–Trinajstić information content (AvgIpc) is 2.63. The molecule has 1 aliphatic heterocycles. The van der Waals surface area contributed by atoms with E-state index in [1.807, 2.05) is 54.6 Å². The second-order valence-corrected chi connectivity index (χ2v) is 6.75. The topological polar surface area (TPSA) is 49.4 Å². The summed E-state index contributed by atoms with van der Waals surface area (Å²) in [7, 11) is 0. The Balaban J connectivity index is 1.62. The van der Waals surface area contributed by atoms with Crippen molar-refractivity contribution in [1.82, 2.24) is 10.2 Å². The molecule has 2 aromatic carbocycles. The van der Waals surface area contributed by atoms with E-state index in [1.165, 1.54) is 6.92 Å². The zero-order valence-electron chi connectivity index (χ0n) is 14.6. The van der Waals surface area contributed by atoms with Crippen molar-refractivity contribution >= 4 is 29.5 Å². The SMILES string of the molecule is CC(=O)N1C=Cc2ccccc2[C@H]1CC(=O)NCCc1ccc(Cl)cc1. The van der Waals surface area contributed by atoms with Crippen LogP contribution in [0.4, 0.5) is 0 Å². The van der Waals surface area contributed by atoms with E-state index in [-0.39, 0.29) is 24.3 Å². The zero-order valence-corrected chi connectivity index (χ0v) is 15.4. The molecule has 1 atom stereocenters. The highest BCUT2D eigenvalue weighted by Gasteiger charge is 2.27. The number of carbonyl (C=O) groups is 2. The van der Waals surface area contributed by atoms with Crippen LogP contribution in [-0.4, -0.2) is 23.3 Å². The van der Waals surface area contributed by atoms with Crippen molar-refractivity contribution in [2.75, 3.05) is 6.54 Å². The molecule has 0 unspecified atom stereocenters. The van der Waals surface area contributed by atoms with Crippen molar-refractivity contribution in [3.05, 3.63) is 76.4 Å². The first kappa shape index (κ1) is 18.2. The van der Waals surface area contributed by atoms with E-state index in [0.717, 1.165) is 23.1 Å². The van der Waals surface area contributed by atoms with Gasteiger partial charge in [0.25, 0.3) is 0 Å². The second-order valence-electron chi connectivity index (χ2n) is 6.32. The highest BCUT2D eigenvalue weighted by Crippen LogP contribution is 2.32. The molecule has 4 nitrogen and oxygen atoms in total. The fourth-order valence-corrected chi connectivity index (χ4v) is 3.28. The van der Waals surface area contributed by atoms with Gasteiger partial charge in [-0.15, -0.1) is 0 Å². The van der Waals surface area contributed by atoms with E-state index in [9.17, 15) is 9.59 Å². The molecule has 0 saturated heterocycles. The van der Waals surface area contributed by atoms with Crippen molar-refractivity contribution in [3.8, 4) is 0 Å². The predicted molar refractivity (Wildman–Crippen MR) is 104 cm³/mol. The second kappa shape index (κ2) is 8.19. The summed E-state index contributed by atoms with van der Waals surface area (Å²) in [5.41, 5.74) is 3.16. The van der Waals surface area contributed by atoms with Gasteiger partial charge in [0.2, 0.25) is 11.8 Å². The van der Waals surface area contributed by atoms with Crippen LogP contribution in [0.1, 0.15) is 36.1 Å². The van der Waals surface area contributed by atoms with Gasteiger partial charge in [-0.3, -0.25) is 9.59 Å². The van der Waals surface area contributed by atoms with Crippen LogP contribution in [-0.2, 0) is 16.0 Å². The molecule has 1 heterocycles. The molecule has 0 bridgehead atoms. The van der Waals surface area contributed by atoms with Crippen molar-refractivity contribution in [1.29, 1.82) is 0 Å². The Bertz CT molecular complexity index is 830. The summed E-state index contributed by atoms with van der Waals surface area (Å²) in [5, 5.41) is 3.65. The number of halogens is 1. The quantitative estimate of drug-likeness (QED) is 0.868. The maximum Gasteiger partial charge on any atom is 0.223 e. The normalized spacial score (nSPS) is 15.5. The summed E-state index contributed by atoms with van der Waals surface area (Å²) >= 11 is 5.88. The summed E-state index contributed by atoms with van der Waals surface area (Å²) in [4.78, 5) is 26.0. The molecule has 0 fully saturated rings. The van der Waals surface area contributed by atoms with Gasteiger partial charge in [0.15, 0.2) is 0 Å². The fraction of sp³-hybridized carbons (Fsp3) is 0.238. The van der Waals surface area contributed by atoms with Crippen LogP contribution in [0.2, 0.25) is 5.02 Å². The highest BCUT2D eigenvalue weighted by molar-refractivity contribution is 6.30. The van der Waals surface area contributed by atoms with Gasteiger partial charge in [-0.25, -0.2) is 0 Å². The lowest BCUT2D eigenvalue weighted by atomic mass is 9.93. The largest absolute Gasteiger partial charge is 0.356 e. The molecule has 1 aliphatic rings. The number of nitrogens with zero attached hydrogens (tertiary/aromatic N) is 1. The Morgan fingerprint density at radius 1 is 1.12 bits per heavy atom. The van der Waals surface area contributed by atoms with E-state index in [2.05, 4.69) is 5.32 Å². The lowest BCUT2D eigenvalue weighted by Gasteiger charge is -2.32. The summed E-state index contributed by atoms with van der Waals surface area (Å²) in [6.45, 7) is 2.06. The average molecular weight is 369 g/mol. The number of carbonyl (C=O) groups excluding carboxylic acids is 2. The summed E-state index contributed by atoms with van der Waals surface area (Å²) in [6, 6.07) is 15.2. The Morgan fingerprint density at radius 3 is 2.58 bits per heavy atom. The molecule has 26 heavy (non-hydrogen) atoms.